The number of carbonyl (C=O) groups is 2. The lowest BCUT2D eigenvalue weighted by Gasteiger charge is -2.21. The normalized spacial score (nSPS) is 15.4. The number of anilines is 1. The number of rotatable bonds is 6. The summed E-state index contributed by atoms with van der Waals surface area (Å²) in [7, 11) is 1.60. The second kappa shape index (κ2) is 9.97. The third-order valence-corrected chi connectivity index (χ3v) is 6.52. The summed E-state index contributed by atoms with van der Waals surface area (Å²) in [5.41, 5.74) is 10.3. The minimum atomic E-state index is -0.693. The summed E-state index contributed by atoms with van der Waals surface area (Å²) in [5, 5.41) is -0.288. The summed E-state index contributed by atoms with van der Waals surface area (Å²) in [6, 6.07) is 22.5. The fraction of sp³-hybridized carbons (Fsp3) is 0.148. The Labute approximate surface area is 203 Å². The Morgan fingerprint density at radius 1 is 1.03 bits per heavy atom. The molecular formula is C27H25N3O3S. The highest BCUT2D eigenvalue weighted by Gasteiger charge is 2.35. The minimum Gasteiger partial charge on any atom is -0.497 e. The first-order valence-electron chi connectivity index (χ1n) is 10.7. The summed E-state index contributed by atoms with van der Waals surface area (Å²) in [6.07, 6.45) is 1.73. The predicted octanol–water partition coefficient (Wildman–Crippen LogP) is 5.02. The molecule has 0 radical (unpaired) electrons. The van der Waals surface area contributed by atoms with Crippen LogP contribution < -0.4 is 15.4 Å². The van der Waals surface area contributed by atoms with E-state index in [-0.39, 0.29) is 11.6 Å². The molecule has 0 saturated heterocycles. The Morgan fingerprint density at radius 3 is 2.26 bits per heavy atom. The maximum absolute atomic E-state index is 13.5. The molecule has 6 nitrogen and oxygen atoms in total. The number of benzene rings is 3. The van der Waals surface area contributed by atoms with Gasteiger partial charge in [0.25, 0.3) is 5.91 Å². The maximum Gasteiger partial charge on any atom is 0.283 e. The van der Waals surface area contributed by atoms with Gasteiger partial charge in [-0.25, -0.2) is 4.99 Å². The van der Waals surface area contributed by atoms with E-state index in [1.54, 1.807) is 18.1 Å². The molecule has 4 rings (SSSR count). The van der Waals surface area contributed by atoms with E-state index in [1.165, 1.54) is 11.8 Å². The number of amidine groups is 1. The zero-order valence-corrected chi connectivity index (χ0v) is 20.0. The number of nitrogens with zero attached hydrogens (tertiary/aromatic N) is 2. The molecule has 0 spiro atoms. The highest BCUT2D eigenvalue weighted by atomic mass is 32.2. The standard InChI is InChI=1S/C27H25N3O3S/c1-17-13-18(2)15-21(14-17)30-26(32)23(16-19-9-11-22(33-3)12-10-19)29-27(30)34-24(25(28)31)20-7-5-4-6-8-20/h4-16,24H,1-3H3,(H2,28,31)/b23-16-. The average Bonchev–Trinajstić information content (AvgIpc) is 3.12. The van der Waals surface area contributed by atoms with E-state index in [2.05, 4.69) is 4.99 Å². The van der Waals surface area contributed by atoms with Crippen LogP contribution in [0.4, 0.5) is 5.69 Å². The molecule has 0 saturated carbocycles. The van der Waals surface area contributed by atoms with Crippen molar-refractivity contribution in [1.29, 1.82) is 0 Å². The van der Waals surface area contributed by atoms with Gasteiger partial charge in [-0.3, -0.25) is 14.5 Å². The lowest BCUT2D eigenvalue weighted by Crippen LogP contribution is -2.32. The number of thioether (sulfide) groups is 1. The van der Waals surface area contributed by atoms with Crippen molar-refractivity contribution in [2.75, 3.05) is 12.0 Å². The highest BCUT2D eigenvalue weighted by Crippen LogP contribution is 2.37. The van der Waals surface area contributed by atoms with E-state index in [9.17, 15) is 9.59 Å². The van der Waals surface area contributed by atoms with Gasteiger partial charge in [0.05, 0.1) is 12.8 Å². The molecule has 1 aliphatic rings. The molecule has 1 unspecified atom stereocenters. The zero-order chi connectivity index (χ0) is 24.2. The van der Waals surface area contributed by atoms with Gasteiger partial charge >= 0.3 is 0 Å². The average molecular weight is 472 g/mol. The summed E-state index contributed by atoms with van der Waals surface area (Å²) in [6.45, 7) is 3.95. The quantitative estimate of drug-likeness (QED) is 0.512. The van der Waals surface area contributed by atoms with Crippen molar-refractivity contribution in [2.45, 2.75) is 19.1 Å². The van der Waals surface area contributed by atoms with E-state index >= 15 is 0 Å². The zero-order valence-electron chi connectivity index (χ0n) is 19.2. The molecule has 1 heterocycles. The molecule has 3 aromatic rings. The van der Waals surface area contributed by atoms with E-state index in [4.69, 9.17) is 10.5 Å². The van der Waals surface area contributed by atoms with Crippen LogP contribution in [0.1, 0.15) is 27.5 Å². The van der Waals surface area contributed by atoms with Crippen LogP contribution in [0.15, 0.2) is 83.5 Å². The van der Waals surface area contributed by atoms with Gasteiger partial charge in [0, 0.05) is 0 Å². The van der Waals surface area contributed by atoms with Gasteiger partial charge in [0.1, 0.15) is 16.7 Å². The maximum atomic E-state index is 13.5. The third-order valence-electron chi connectivity index (χ3n) is 5.30. The fourth-order valence-corrected chi connectivity index (χ4v) is 4.83. The topological polar surface area (TPSA) is 85.0 Å². The number of hydrogen-bond donors (Lipinski definition) is 1. The molecule has 2 N–H and O–H groups in total. The third kappa shape index (κ3) is 5.05. The summed E-state index contributed by atoms with van der Waals surface area (Å²) >= 11 is 1.17. The van der Waals surface area contributed by atoms with Gasteiger partial charge in [-0.05, 0) is 66.4 Å². The molecule has 0 bridgehead atoms. The Hall–Kier alpha value is -3.84. The first-order chi connectivity index (χ1) is 16.4. The van der Waals surface area contributed by atoms with Crippen LogP contribution in [0.2, 0.25) is 0 Å². The Kier molecular flexibility index (Phi) is 6.84. The van der Waals surface area contributed by atoms with Crippen LogP contribution in [-0.2, 0) is 9.59 Å². The molecule has 2 amide bonds. The Bertz CT molecular complexity index is 1260. The summed E-state index contributed by atoms with van der Waals surface area (Å²) in [5.74, 6) is -0.0393. The molecule has 0 fully saturated rings. The van der Waals surface area contributed by atoms with Crippen LogP contribution in [0, 0.1) is 13.8 Å². The predicted molar refractivity (Wildman–Crippen MR) is 138 cm³/mol. The molecular weight excluding hydrogens is 446 g/mol. The highest BCUT2D eigenvalue weighted by molar-refractivity contribution is 8.15. The van der Waals surface area contributed by atoms with Crippen molar-refractivity contribution in [2.24, 2.45) is 10.7 Å². The largest absolute Gasteiger partial charge is 0.497 e. The second-order valence-electron chi connectivity index (χ2n) is 7.99. The molecule has 1 atom stereocenters. The van der Waals surface area contributed by atoms with Crippen LogP contribution in [0.3, 0.4) is 0 Å². The second-order valence-corrected chi connectivity index (χ2v) is 9.07. The minimum absolute atomic E-state index is 0.264. The van der Waals surface area contributed by atoms with E-state index in [1.807, 2.05) is 86.6 Å². The van der Waals surface area contributed by atoms with Crippen molar-refractivity contribution in [1.82, 2.24) is 0 Å². The lowest BCUT2D eigenvalue weighted by atomic mass is 10.1. The van der Waals surface area contributed by atoms with Gasteiger partial charge < -0.3 is 10.5 Å². The molecule has 0 aliphatic carbocycles. The van der Waals surface area contributed by atoms with E-state index in [0.29, 0.717) is 10.9 Å². The first-order valence-corrected chi connectivity index (χ1v) is 11.6. The molecule has 172 valence electrons. The van der Waals surface area contributed by atoms with Crippen LogP contribution in [0.5, 0.6) is 5.75 Å². The summed E-state index contributed by atoms with van der Waals surface area (Å²) < 4.78 is 5.21. The van der Waals surface area contributed by atoms with Crippen LogP contribution in [-0.4, -0.2) is 24.1 Å². The van der Waals surface area contributed by atoms with Crippen LogP contribution >= 0.6 is 11.8 Å². The molecule has 0 aromatic heterocycles. The fourth-order valence-electron chi connectivity index (χ4n) is 3.76. The SMILES string of the molecule is COc1ccc(/C=C2\N=C(SC(C(N)=O)c3ccccc3)N(c3cc(C)cc(C)c3)C2=O)cc1. The smallest absolute Gasteiger partial charge is 0.283 e. The van der Waals surface area contributed by atoms with Gasteiger partial charge in [-0.1, -0.05) is 60.3 Å². The molecule has 3 aromatic carbocycles. The van der Waals surface area contributed by atoms with Gasteiger partial charge in [-0.15, -0.1) is 0 Å². The van der Waals surface area contributed by atoms with Gasteiger partial charge in [-0.2, -0.15) is 0 Å². The monoisotopic (exact) mass is 471 g/mol. The Balaban J connectivity index is 1.77. The van der Waals surface area contributed by atoms with E-state index < -0.39 is 11.2 Å². The number of nitrogens with two attached hydrogens (primary N) is 1. The number of ether oxygens (including phenoxy) is 1. The number of amides is 2. The van der Waals surface area contributed by atoms with Crippen molar-refractivity contribution in [3.63, 3.8) is 0 Å². The van der Waals surface area contributed by atoms with Crippen LogP contribution in [0.25, 0.3) is 6.08 Å². The first kappa shape index (κ1) is 23.3. The van der Waals surface area contributed by atoms with Gasteiger partial charge in [0.2, 0.25) is 5.91 Å². The molecule has 1 aliphatic heterocycles. The molecule has 7 heteroatoms. The Morgan fingerprint density at radius 2 is 1.68 bits per heavy atom. The number of hydrogen-bond acceptors (Lipinski definition) is 5. The van der Waals surface area contributed by atoms with Gasteiger partial charge in [0.15, 0.2) is 5.17 Å². The summed E-state index contributed by atoms with van der Waals surface area (Å²) in [4.78, 5) is 32.1. The number of methoxy groups -OCH3 is 1. The van der Waals surface area contributed by atoms with Crippen molar-refractivity contribution < 1.29 is 14.3 Å². The lowest BCUT2D eigenvalue weighted by molar-refractivity contribution is -0.117. The number of aryl methyl sites for hydroxylation is 2. The van der Waals surface area contributed by atoms with E-state index in [0.717, 1.165) is 28.0 Å². The van der Waals surface area contributed by atoms with Crippen molar-refractivity contribution in [3.8, 4) is 5.75 Å². The number of aliphatic imine (C=N–C) groups is 1. The number of primary amides is 1. The number of carbonyl (C=O) groups excluding carboxylic acids is 2. The van der Waals surface area contributed by atoms with Crippen molar-refractivity contribution >= 4 is 40.5 Å². The molecule has 34 heavy (non-hydrogen) atoms. The van der Waals surface area contributed by atoms with Crippen molar-refractivity contribution in [3.05, 3.63) is 101 Å².